The minimum absolute atomic E-state index is 0.688. The van der Waals surface area contributed by atoms with E-state index in [1.54, 1.807) is 18.6 Å². The SMILES string of the molecule is Nc1c(Br)cnc2ccncc12. The van der Waals surface area contributed by atoms with Crippen LogP contribution < -0.4 is 5.73 Å². The molecule has 60 valence electrons. The molecule has 3 nitrogen and oxygen atoms in total. The predicted octanol–water partition coefficient (Wildman–Crippen LogP) is 1.97. The summed E-state index contributed by atoms with van der Waals surface area (Å²) in [7, 11) is 0. The third-order valence-electron chi connectivity index (χ3n) is 1.66. The van der Waals surface area contributed by atoms with Crippen molar-refractivity contribution in [3.8, 4) is 0 Å². The maximum atomic E-state index is 5.79. The van der Waals surface area contributed by atoms with Gasteiger partial charge >= 0.3 is 0 Å². The molecular weight excluding hydrogens is 218 g/mol. The highest BCUT2D eigenvalue weighted by Crippen LogP contribution is 2.25. The van der Waals surface area contributed by atoms with E-state index < -0.39 is 0 Å². The van der Waals surface area contributed by atoms with Crippen LogP contribution in [0.4, 0.5) is 5.69 Å². The van der Waals surface area contributed by atoms with Gasteiger partial charge in [-0.1, -0.05) is 0 Å². The van der Waals surface area contributed by atoms with Gasteiger partial charge in [-0.05, 0) is 22.0 Å². The van der Waals surface area contributed by atoms with Crippen LogP contribution in [-0.4, -0.2) is 9.97 Å². The number of nitrogens with two attached hydrogens (primary N) is 1. The smallest absolute Gasteiger partial charge is 0.0754 e. The first-order valence-corrected chi connectivity index (χ1v) is 4.22. The summed E-state index contributed by atoms with van der Waals surface area (Å²) in [5, 5.41) is 0.881. The molecule has 2 aromatic heterocycles. The second kappa shape index (κ2) is 2.71. The molecule has 0 aliphatic rings. The molecule has 0 fully saturated rings. The zero-order valence-electron chi connectivity index (χ0n) is 6.16. The van der Waals surface area contributed by atoms with Crippen molar-refractivity contribution in [3.05, 3.63) is 29.1 Å². The van der Waals surface area contributed by atoms with Crippen molar-refractivity contribution >= 4 is 32.5 Å². The number of fused-ring (bicyclic) bond motifs is 1. The number of anilines is 1. The van der Waals surface area contributed by atoms with Crippen LogP contribution in [-0.2, 0) is 0 Å². The minimum Gasteiger partial charge on any atom is -0.397 e. The molecule has 2 N–H and O–H groups in total. The summed E-state index contributed by atoms with van der Waals surface area (Å²) in [6.07, 6.45) is 5.10. The van der Waals surface area contributed by atoms with Gasteiger partial charge in [-0.15, -0.1) is 0 Å². The Balaban J connectivity index is 2.91. The zero-order chi connectivity index (χ0) is 8.55. The van der Waals surface area contributed by atoms with Crippen LogP contribution >= 0.6 is 15.9 Å². The van der Waals surface area contributed by atoms with Gasteiger partial charge in [-0.3, -0.25) is 9.97 Å². The molecule has 0 saturated heterocycles. The number of hydrogen-bond acceptors (Lipinski definition) is 3. The summed E-state index contributed by atoms with van der Waals surface area (Å²) in [4.78, 5) is 8.15. The van der Waals surface area contributed by atoms with Crippen LogP contribution in [0.3, 0.4) is 0 Å². The van der Waals surface area contributed by atoms with Crippen molar-refractivity contribution in [2.24, 2.45) is 0 Å². The van der Waals surface area contributed by atoms with Crippen LogP contribution in [0, 0.1) is 0 Å². The first-order chi connectivity index (χ1) is 5.79. The molecule has 0 radical (unpaired) electrons. The van der Waals surface area contributed by atoms with Crippen molar-refractivity contribution in [3.63, 3.8) is 0 Å². The largest absolute Gasteiger partial charge is 0.397 e. The van der Waals surface area contributed by atoms with Crippen molar-refractivity contribution in [2.45, 2.75) is 0 Å². The molecule has 12 heavy (non-hydrogen) atoms. The molecule has 0 saturated carbocycles. The lowest BCUT2D eigenvalue weighted by atomic mass is 10.2. The molecule has 0 aromatic carbocycles. The normalized spacial score (nSPS) is 10.4. The molecule has 0 aliphatic heterocycles. The number of nitrogen functional groups attached to an aromatic ring is 1. The summed E-state index contributed by atoms with van der Waals surface area (Å²) >= 11 is 3.30. The zero-order valence-corrected chi connectivity index (χ0v) is 7.75. The van der Waals surface area contributed by atoms with Gasteiger partial charge in [0, 0.05) is 24.0 Å². The van der Waals surface area contributed by atoms with Crippen LogP contribution in [0.5, 0.6) is 0 Å². The van der Waals surface area contributed by atoms with Crippen LogP contribution in [0.1, 0.15) is 0 Å². The van der Waals surface area contributed by atoms with Gasteiger partial charge in [-0.2, -0.15) is 0 Å². The second-order valence-electron chi connectivity index (χ2n) is 2.41. The number of nitrogens with zero attached hydrogens (tertiary/aromatic N) is 2. The summed E-state index contributed by atoms with van der Waals surface area (Å²) in [5.41, 5.74) is 7.35. The topological polar surface area (TPSA) is 51.8 Å². The monoisotopic (exact) mass is 223 g/mol. The Labute approximate surface area is 77.8 Å². The number of hydrogen-bond donors (Lipinski definition) is 1. The highest BCUT2D eigenvalue weighted by Gasteiger charge is 2.01. The molecule has 2 heterocycles. The van der Waals surface area contributed by atoms with Gasteiger partial charge in [0.25, 0.3) is 0 Å². The molecule has 0 bridgehead atoms. The first kappa shape index (κ1) is 7.49. The van der Waals surface area contributed by atoms with E-state index >= 15 is 0 Å². The average molecular weight is 224 g/mol. The lowest BCUT2D eigenvalue weighted by Gasteiger charge is -2.01. The molecule has 2 aromatic rings. The molecule has 0 atom stereocenters. The van der Waals surface area contributed by atoms with Crippen LogP contribution in [0.2, 0.25) is 0 Å². The van der Waals surface area contributed by atoms with Gasteiger partial charge < -0.3 is 5.73 Å². The molecule has 0 spiro atoms. The number of aromatic nitrogens is 2. The molecule has 0 amide bonds. The van der Waals surface area contributed by atoms with Crippen LogP contribution in [0.15, 0.2) is 29.1 Å². The number of pyridine rings is 2. The van der Waals surface area contributed by atoms with E-state index in [9.17, 15) is 0 Å². The Bertz CT molecular complexity index is 428. The molecule has 4 heteroatoms. The van der Waals surface area contributed by atoms with Crippen LogP contribution in [0.25, 0.3) is 10.9 Å². The van der Waals surface area contributed by atoms with Gasteiger partial charge in [0.1, 0.15) is 0 Å². The van der Waals surface area contributed by atoms with E-state index in [1.807, 2.05) is 6.07 Å². The highest BCUT2D eigenvalue weighted by atomic mass is 79.9. The predicted molar refractivity (Wildman–Crippen MR) is 51.7 cm³/mol. The lowest BCUT2D eigenvalue weighted by Crippen LogP contribution is -1.91. The maximum absolute atomic E-state index is 5.79. The number of halogens is 1. The van der Waals surface area contributed by atoms with E-state index in [0.717, 1.165) is 15.4 Å². The van der Waals surface area contributed by atoms with Crippen molar-refractivity contribution in [1.82, 2.24) is 9.97 Å². The minimum atomic E-state index is 0.688. The molecule has 0 unspecified atom stereocenters. The quantitative estimate of drug-likeness (QED) is 0.744. The Hall–Kier alpha value is -1.16. The van der Waals surface area contributed by atoms with Gasteiger partial charge in [-0.25, -0.2) is 0 Å². The Morgan fingerprint density at radius 2 is 2.17 bits per heavy atom. The average Bonchev–Trinajstić information content (AvgIpc) is 2.12. The van der Waals surface area contributed by atoms with E-state index in [1.165, 1.54) is 0 Å². The first-order valence-electron chi connectivity index (χ1n) is 3.43. The van der Waals surface area contributed by atoms with E-state index in [4.69, 9.17) is 5.73 Å². The summed E-state index contributed by atoms with van der Waals surface area (Å²) in [6, 6.07) is 1.83. The van der Waals surface area contributed by atoms with Crippen molar-refractivity contribution < 1.29 is 0 Å². The van der Waals surface area contributed by atoms with Crippen molar-refractivity contribution in [2.75, 3.05) is 5.73 Å². The molecule has 0 aliphatic carbocycles. The Morgan fingerprint density at radius 1 is 1.33 bits per heavy atom. The Morgan fingerprint density at radius 3 is 3.00 bits per heavy atom. The fourth-order valence-electron chi connectivity index (χ4n) is 1.03. The third-order valence-corrected chi connectivity index (χ3v) is 2.29. The fraction of sp³-hybridized carbons (Fsp3) is 0. The van der Waals surface area contributed by atoms with Gasteiger partial charge in [0.15, 0.2) is 0 Å². The maximum Gasteiger partial charge on any atom is 0.0754 e. The fourth-order valence-corrected chi connectivity index (χ4v) is 1.35. The van der Waals surface area contributed by atoms with E-state index in [2.05, 4.69) is 25.9 Å². The Kier molecular flexibility index (Phi) is 1.69. The van der Waals surface area contributed by atoms with E-state index in [0.29, 0.717) is 5.69 Å². The molecular formula is C8H6BrN3. The summed E-state index contributed by atoms with van der Waals surface area (Å²) in [6.45, 7) is 0. The van der Waals surface area contributed by atoms with Crippen molar-refractivity contribution in [1.29, 1.82) is 0 Å². The summed E-state index contributed by atoms with van der Waals surface area (Å²) in [5.74, 6) is 0. The summed E-state index contributed by atoms with van der Waals surface area (Å²) < 4.78 is 0.808. The lowest BCUT2D eigenvalue weighted by molar-refractivity contribution is 1.32. The second-order valence-corrected chi connectivity index (χ2v) is 3.27. The standard InChI is InChI=1S/C8H6BrN3/c9-6-4-12-7-1-2-11-3-5(7)8(6)10/h1-4H,(H2,10,12). The number of rotatable bonds is 0. The van der Waals surface area contributed by atoms with E-state index in [-0.39, 0.29) is 0 Å². The van der Waals surface area contributed by atoms with Gasteiger partial charge in [0.05, 0.1) is 15.7 Å². The third kappa shape index (κ3) is 1.04. The highest BCUT2D eigenvalue weighted by molar-refractivity contribution is 9.10. The molecule has 2 rings (SSSR count). The van der Waals surface area contributed by atoms with Gasteiger partial charge in [0.2, 0.25) is 0 Å².